The molecule has 6 unspecified atom stereocenters. The van der Waals surface area contributed by atoms with Crippen molar-refractivity contribution in [2.45, 2.75) is 37.3 Å². The fraction of sp³-hybridized carbons (Fsp3) is 0.424. The number of carbonyl (C=O) groups excluding carboxylic acids is 5. The Hall–Kier alpha value is -4.15. The lowest BCUT2D eigenvalue weighted by molar-refractivity contribution is -0.181. The Morgan fingerprint density at radius 3 is 2.37 bits per heavy atom. The number of ketones is 4. The second kappa shape index (κ2) is 10.2. The fourth-order valence-corrected chi connectivity index (χ4v) is 7.84. The van der Waals surface area contributed by atoms with Gasteiger partial charge in [-0.05, 0) is 80.1 Å². The maximum atomic E-state index is 14.0. The van der Waals surface area contributed by atoms with E-state index < -0.39 is 64.4 Å². The number of aromatic hydroxyl groups is 1. The van der Waals surface area contributed by atoms with E-state index >= 15 is 0 Å². The summed E-state index contributed by atoms with van der Waals surface area (Å²) in [4.78, 5) is 70.5. The molecule has 43 heavy (non-hydrogen) atoms. The average Bonchev–Trinajstić information content (AvgIpc) is 3.35. The van der Waals surface area contributed by atoms with Gasteiger partial charge in [0, 0.05) is 25.2 Å². The van der Waals surface area contributed by atoms with E-state index in [9.17, 15) is 34.2 Å². The monoisotopic (exact) mass is 585 g/mol. The lowest BCUT2D eigenvalue weighted by Gasteiger charge is -2.52. The summed E-state index contributed by atoms with van der Waals surface area (Å²) >= 11 is 0. The molecule has 1 heterocycles. The first-order valence-corrected chi connectivity index (χ1v) is 14.6. The molecule has 1 saturated heterocycles. The average molecular weight is 586 g/mol. The molecule has 0 aromatic heterocycles. The first-order chi connectivity index (χ1) is 20.4. The van der Waals surface area contributed by atoms with Gasteiger partial charge in [0.15, 0.2) is 34.7 Å². The predicted octanol–water partition coefficient (Wildman–Crippen LogP) is 1.60. The number of hydrogen-bond donors (Lipinski definition) is 3. The number of amides is 1. The van der Waals surface area contributed by atoms with Crippen LogP contribution in [0.3, 0.4) is 0 Å². The summed E-state index contributed by atoms with van der Waals surface area (Å²) in [7, 11) is 5.21. The number of primary amides is 1. The van der Waals surface area contributed by atoms with Crippen molar-refractivity contribution in [3.05, 3.63) is 58.8 Å². The number of benzene rings is 2. The van der Waals surface area contributed by atoms with Crippen molar-refractivity contribution in [2.75, 3.05) is 27.7 Å². The van der Waals surface area contributed by atoms with Gasteiger partial charge in [-0.15, -0.1) is 0 Å². The number of allylic oxidation sites excluding steroid dienone is 1. The highest BCUT2D eigenvalue weighted by Gasteiger charge is 2.69. The van der Waals surface area contributed by atoms with Crippen LogP contribution in [0.15, 0.2) is 42.1 Å². The number of nitrogens with zero attached hydrogens (tertiary/aromatic N) is 2. The van der Waals surface area contributed by atoms with Crippen LogP contribution in [-0.2, 0) is 25.6 Å². The van der Waals surface area contributed by atoms with E-state index in [1.54, 1.807) is 20.2 Å². The molecule has 3 fully saturated rings. The van der Waals surface area contributed by atoms with E-state index in [2.05, 4.69) is 18.0 Å². The summed E-state index contributed by atoms with van der Waals surface area (Å²) in [5.41, 5.74) is 7.10. The van der Waals surface area contributed by atoms with Gasteiger partial charge in [-0.3, -0.25) is 28.9 Å². The SMILES string of the molecule is CN1CCCC1=Cc1ccc(-c2ccc(O)c3c2CC2CC4C(N(C)C)C(=O)C(C(N)=O)C(=O)C4(O)C(=O)C2C3=O)cc1. The second-order valence-electron chi connectivity index (χ2n) is 12.6. The maximum Gasteiger partial charge on any atom is 0.235 e. The molecule has 6 rings (SSSR count). The van der Waals surface area contributed by atoms with Gasteiger partial charge >= 0.3 is 0 Å². The molecule has 0 bridgehead atoms. The third-order valence-corrected chi connectivity index (χ3v) is 9.92. The minimum atomic E-state index is -2.73. The highest BCUT2D eigenvalue weighted by atomic mass is 16.3. The molecular formula is C33H35N3O7. The van der Waals surface area contributed by atoms with Gasteiger partial charge in [0.2, 0.25) is 5.91 Å². The molecule has 224 valence electrons. The molecule has 2 aromatic rings. The number of likely N-dealkylation sites (tertiary alicyclic amines) is 1. The molecule has 1 aliphatic heterocycles. The molecule has 10 heteroatoms. The normalized spacial score (nSPS) is 31.3. The van der Waals surface area contributed by atoms with Crippen molar-refractivity contribution < 1.29 is 34.2 Å². The number of aliphatic hydroxyl groups is 1. The molecule has 3 aliphatic carbocycles. The third-order valence-electron chi connectivity index (χ3n) is 9.92. The number of phenolic OH excluding ortho intramolecular Hbond substituents is 1. The number of rotatable bonds is 4. The molecule has 0 radical (unpaired) electrons. The standard InChI is InChI=1S/C33H35N3O7/c1-35(2)27-22-15-18-14-21-20(17-8-6-16(7-9-17)13-19-5-4-12-36(19)3)10-11-23(37)25(21)28(38)24(18)30(40)33(22,43)31(41)26(29(27)39)32(34)42/h6-11,13,18,22,24,26-27,37,43H,4-5,12,14-15H2,1-3H3,(H2,34,42). The molecule has 0 spiro atoms. The van der Waals surface area contributed by atoms with Crippen molar-refractivity contribution in [1.29, 1.82) is 0 Å². The van der Waals surface area contributed by atoms with Crippen LogP contribution in [0.4, 0.5) is 0 Å². The first kappa shape index (κ1) is 28.9. The summed E-state index contributed by atoms with van der Waals surface area (Å²) < 4.78 is 0. The van der Waals surface area contributed by atoms with Crippen molar-refractivity contribution in [1.82, 2.24) is 9.80 Å². The van der Waals surface area contributed by atoms with Crippen molar-refractivity contribution in [3.63, 3.8) is 0 Å². The highest BCUT2D eigenvalue weighted by molar-refractivity contribution is 6.32. The molecule has 2 aromatic carbocycles. The number of phenols is 1. The Labute approximate surface area is 249 Å². The van der Waals surface area contributed by atoms with Gasteiger partial charge < -0.3 is 20.8 Å². The molecule has 4 aliphatic rings. The lowest BCUT2D eigenvalue weighted by Crippen LogP contribution is -2.74. The Kier molecular flexibility index (Phi) is 6.89. The zero-order chi connectivity index (χ0) is 31.0. The highest BCUT2D eigenvalue weighted by Crippen LogP contribution is 2.51. The van der Waals surface area contributed by atoms with Gasteiger partial charge in [-0.25, -0.2) is 0 Å². The van der Waals surface area contributed by atoms with Gasteiger partial charge in [-0.1, -0.05) is 30.3 Å². The zero-order valence-electron chi connectivity index (χ0n) is 24.4. The summed E-state index contributed by atoms with van der Waals surface area (Å²) in [6.07, 6.45) is 4.53. The van der Waals surface area contributed by atoms with Crippen LogP contribution in [-0.4, -0.2) is 88.4 Å². The predicted molar refractivity (Wildman–Crippen MR) is 157 cm³/mol. The molecule has 10 nitrogen and oxygen atoms in total. The van der Waals surface area contributed by atoms with Crippen molar-refractivity contribution in [3.8, 4) is 16.9 Å². The fourth-order valence-electron chi connectivity index (χ4n) is 7.84. The lowest BCUT2D eigenvalue weighted by atomic mass is 9.52. The molecule has 6 atom stereocenters. The molecule has 4 N–H and O–H groups in total. The molecular weight excluding hydrogens is 550 g/mol. The second-order valence-corrected chi connectivity index (χ2v) is 12.6. The van der Waals surface area contributed by atoms with Gasteiger partial charge in [-0.2, -0.15) is 0 Å². The van der Waals surface area contributed by atoms with E-state index in [1.807, 2.05) is 24.3 Å². The van der Waals surface area contributed by atoms with Crippen LogP contribution in [0.5, 0.6) is 5.75 Å². The number of Topliss-reactive ketones (excluding diaryl/α,β-unsaturated/α-hetero) is 4. The van der Waals surface area contributed by atoms with Crippen molar-refractivity contribution in [2.24, 2.45) is 29.4 Å². The summed E-state index contributed by atoms with van der Waals surface area (Å²) in [6.45, 7) is 1.03. The molecule has 1 amide bonds. The summed E-state index contributed by atoms with van der Waals surface area (Å²) in [5, 5.41) is 22.6. The Morgan fingerprint density at radius 1 is 1.07 bits per heavy atom. The van der Waals surface area contributed by atoms with Gasteiger partial charge in [0.05, 0.1) is 17.5 Å². The third kappa shape index (κ3) is 4.26. The number of carbonyl (C=O) groups is 5. The Balaban J connectivity index is 1.41. The van der Waals surface area contributed by atoms with E-state index in [0.717, 1.165) is 36.1 Å². The van der Waals surface area contributed by atoms with Gasteiger partial charge in [0.25, 0.3) is 0 Å². The van der Waals surface area contributed by atoms with Crippen LogP contribution >= 0.6 is 0 Å². The number of fused-ring (bicyclic) bond motifs is 3. The molecule has 2 saturated carbocycles. The summed E-state index contributed by atoms with van der Waals surface area (Å²) in [6, 6.07) is 9.94. The summed E-state index contributed by atoms with van der Waals surface area (Å²) in [5.74, 6) is -10.5. The topological polar surface area (TPSA) is 158 Å². The maximum absolute atomic E-state index is 14.0. The number of hydrogen-bond acceptors (Lipinski definition) is 9. The van der Waals surface area contributed by atoms with Crippen LogP contribution in [0, 0.1) is 23.7 Å². The van der Waals surface area contributed by atoms with Gasteiger partial charge in [0.1, 0.15) is 5.75 Å². The van der Waals surface area contributed by atoms with E-state index in [1.165, 1.54) is 16.7 Å². The largest absolute Gasteiger partial charge is 0.507 e. The quantitative estimate of drug-likeness (QED) is 0.453. The van der Waals surface area contributed by atoms with Crippen LogP contribution in [0.2, 0.25) is 0 Å². The van der Waals surface area contributed by atoms with E-state index in [4.69, 9.17) is 5.73 Å². The van der Waals surface area contributed by atoms with Crippen LogP contribution in [0.25, 0.3) is 17.2 Å². The number of nitrogens with two attached hydrogens (primary N) is 1. The minimum Gasteiger partial charge on any atom is -0.507 e. The minimum absolute atomic E-state index is 0.0112. The zero-order valence-corrected chi connectivity index (χ0v) is 24.4. The van der Waals surface area contributed by atoms with Crippen LogP contribution in [0.1, 0.15) is 40.7 Å². The van der Waals surface area contributed by atoms with E-state index in [-0.39, 0.29) is 24.2 Å². The van der Waals surface area contributed by atoms with Crippen LogP contribution < -0.4 is 5.73 Å². The Bertz CT molecular complexity index is 1610. The smallest absolute Gasteiger partial charge is 0.235 e. The van der Waals surface area contributed by atoms with Crippen molar-refractivity contribution >= 4 is 35.1 Å². The Morgan fingerprint density at radius 2 is 1.77 bits per heavy atom. The number of likely N-dealkylation sites (N-methyl/N-ethyl adjacent to an activating group) is 1. The van der Waals surface area contributed by atoms with E-state index in [0.29, 0.717) is 5.56 Å². The first-order valence-electron chi connectivity index (χ1n) is 14.6.